The van der Waals surface area contributed by atoms with E-state index in [-0.39, 0.29) is 18.4 Å². The standard InChI is InChI=1S/C15H23N3O3/c1-5-18(10-13(19)17(3)4)15(20)11-8-7-9-12(16)14(11)21-6-2/h7-9H,5-6,10,16H2,1-4H3. The van der Waals surface area contributed by atoms with Crippen LogP contribution in [0.25, 0.3) is 0 Å². The molecular weight excluding hydrogens is 270 g/mol. The zero-order chi connectivity index (χ0) is 16.0. The minimum absolute atomic E-state index is 0.0305. The number of anilines is 1. The van der Waals surface area contributed by atoms with E-state index in [1.165, 1.54) is 9.80 Å². The first-order valence-electron chi connectivity index (χ1n) is 6.93. The van der Waals surface area contributed by atoms with E-state index in [0.717, 1.165) is 0 Å². The largest absolute Gasteiger partial charge is 0.491 e. The molecule has 6 heteroatoms. The molecule has 0 saturated heterocycles. The van der Waals surface area contributed by atoms with Gasteiger partial charge in [0.25, 0.3) is 5.91 Å². The van der Waals surface area contributed by atoms with Gasteiger partial charge in [-0.1, -0.05) is 6.07 Å². The Labute approximate surface area is 125 Å². The van der Waals surface area contributed by atoms with Crippen LogP contribution >= 0.6 is 0 Å². The summed E-state index contributed by atoms with van der Waals surface area (Å²) in [5, 5.41) is 0. The number of carbonyl (C=O) groups excluding carboxylic acids is 2. The molecule has 0 aliphatic heterocycles. The van der Waals surface area contributed by atoms with Crippen molar-refractivity contribution in [1.82, 2.24) is 9.80 Å². The highest BCUT2D eigenvalue weighted by atomic mass is 16.5. The number of rotatable bonds is 6. The van der Waals surface area contributed by atoms with Crippen LogP contribution in [0, 0.1) is 0 Å². The fourth-order valence-corrected chi connectivity index (χ4v) is 1.83. The fraction of sp³-hybridized carbons (Fsp3) is 0.467. The van der Waals surface area contributed by atoms with Crippen molar-refractivity contribution in [2.75, 3.05) is 39.5 Å². The predicted octanol–water partition coefficient (Wildman–Crippen LogP) is 1.22. The Bertz CT molecular complexity index is 515. The maximum absolute atomic E-state index is 12.6. The zero-order valence-corrected chi connectivity index (χ0v) is 13.0. The fourth-order valence-electron chi connectivity index (χ4n) is 1.83. The Kier molecular flexibility index (Phi) is 6.02. The van der Waals surface area contributed by atoms with Crippen LogP contribution in [0.4, 0.5) is 5.69 Å². The van der Waals surface area contributed by atoms with Crippen LogP contribution in [0.1, 0.15) is 24.2 Å². The Balaban J connectivity index is 3.05. The van der Waals surface area contributed by atoms with E-state index in [2.05, 4.69) is 0 Å². The molecule has 1 aromatic carbocycles. The van der Waals surface area contributed by atoms with Crippen LogP contribution in [-0.4, -0.2) is 55.4 Å². The monoisotopic (exact) mass is 293 g/mol. The number of ether oxygens (including phenoxy) is 1. The number of nitrogen functional groups attached to an aromatic ring is 1. The predicted molar refractivity (Wildman–Crippen MR) is 82.3 cm³/mol. The molecule has 0 heterocycles. The highest BCUT2D eigenvalue weighted by Crippen LogP contribution is 2.27. The lowest BCUT2D eigenvalue weighted by Gasteiger charge is -2.23. The van der Waals surface area contributed by atoms with Gasteiger partial charge >= 0.3 is 0 Å². The molecule has 116 valence electrons. The van der Waals surface area contributed by atoms with Gasteiger partial charge in [0.1, 0.15) is 0 Å². The van der Waals surface area contributed by atoms with Gasteiger partial charge in [-0.15, -0.1) is 0 Å². The Hall–Kier alpha value is -2.24. The summed E-state index contributed by atoms with van der Waals surface area (Å²) in [5.74, 6) is -0.0173. The van der Waals surface area contributed by atoms with Gasteiger partial charge in [-0.25, -0.2) is 0 Å². The van der Waals surface area contributed by atoms with Crippen molar-refractivity contribution in [2.24, 2.45) is 0 Å². The highest BCUT2D eigenvalue weighted by molar-refractivity contribution is 6.00. The molecule has 1 aromatic rings. The molecule has 1 rings (SSSR count). The number of amides is 2. The molecule has 0 aromatic heterocycles. The van der Waals surface area contributed by atoms with E-state index < -0.39 is 0 Å². The van der Waals surface area contributed by atoms with Crippen molar-refractivity contribution < 1.29 is 14.3 Å². The van der Waals surface area contributed by atoms with E-state index >= 15 is 0 Å². The van der Waals surface area contributed by atoms with Crippen LogP contribution in [0.15, 0.2) is 18.2 Å². The quantitative estimate of drug-likeness (QED) is 0.800. The van der Waals surface area contributed by atoms with Crippen LogP contribution in [-0.2, 0) is 4.79 Å². The van der Waals surface area contributed by atoms with Gasteiger partial charge in [0.05, 0.1) is 24.4 Å². The molecule has 0 saturated carbocycles. The number of likely N-dealkylation sites (N-methyl/N-ethyl adjacent to an activating group) is 2. The maximum atomic E-state index is 12.6. The Morgan fingerprint density at radius 1 is 1.24 bits per heavy atom. The van der Waals surface area contributed by atoms with E-state index in [1.54, 1.807) is 32.3 Å². The van der Waals surface area contributed by atoms with Gasteiger partial charge < -0.3 is 20.3 Å². The van der Waals surface area contributed by atoms with Crippen molar-refractivity contribution in [3.63, 3.8) is 0 Å². The average Bonchev–Trinajstić information content (AvgIpc) is 2.45. The second-order valence-corrected chi connectivity index (χ2v) is 4.76. The zero-order valence-electron chi connectivity index (χ0n) is 13.0. The van der Waals surface area contributed by atoms with Gasteiger partial charge in [0.2, 0.25) is 5.91 Å². The normalized spacial score (nSPS) is 10.1. The van der Waals surface area contributed by atoms with Gasteiger partial charge in [-0.3, -0.25) is 9.59 Å². The highest BCUT2D eigenvalue weighted by Gasteiger charge is 2.22. The van der Waals surface area contributed by atoms with Crippen LogP contribution in [0.2, 0.25) is 0 Å². The molecule has 21 heavy (non-hydrogen) atoms. The molecular formula is C15H23N3O3. The molecule has 0 unspecified atom stereocenters. The Morgan fingerprint density at radius 2 is 1.90 bits per heavy atom. The second kappa shape index (κ2) is 7.52. The summed E-state index contributed by atoms with van der Waals surface area (Å²) in [5.41, 5.74) is 6.66. The summed E-state index contributed by atoms with van der Waals surface area (Å²) in [7, 11) is 3.32. The molecule has 2 amide bonds. The topological polar surface area (TPSA) is 75.9 Å². The molecule has 2 N–H and O–H groups in total. The van der Waals surface area contributed by atoms with Crippen molar-refractivity contribution in [3.8, 4) is 5.75 Å². The smallest absolute Gasteiger partial charge is 0.258 e. The van der Waals surface area contributed by atoms with Crippen LogP contribution < -0.4 is 10.5 Å². The van der Waals surface area contributed by atoms with E-state index in [0.29, 0.717) is 30.2 Å². The number of nitrogens with zero attached hydrogens (tertiary/aromatic N) is 2. The summed E-state index contributed by atoms with van der Waals surface area (Å²) in [6.45, 7) is 4.53. The number of carbonyl (C=O) groups is 2. The third-order valence-corrected chi connectivity index (χ3v) is 3.06. The third-order valence-electron chi connectivity index (χ3n) is 3.06. The number of nitrogens with two attached hydrogens (primary N) is 1. The summed E-state index contributed by atoms with van der Waals surface area (Å²) in [6, 6.07) is 5.04. The number of hydrogen-bond donors (Lipinski definition) is 1. The average molecular weight is 293 g/mol. The van der Waals surface area contributed by atoms with Crippen molar-refractivity contribution in [2.45, 2.75) is 13.8 Å². The van der Waals surface area contributed by atoms with Crippen molar-refractivity contribution >= 4 is 17.5 Å². The maximum Gasteiger partial charge on any atom is 0.258 e. The SMILES string of the molecule is CCOc1c(N)cccc1C(=O)N(CC)CC(=O)N(C)C. The molecule has 0 spiro atoms. The van der Waals surface area contributed by atoms with Crippen LogP contribution in [0.3, 0.4) is 0 Å². The lowest BCUT2D eigenvalue weighted by Crippen LogP contribution is -2.40. The van der Waals surface area contributed by atoms with Crippen molar-refractivity contribution in [1.29, 1.82) is 0 Å². The molecule has 0 radical (unpaired) electrons. The van der Waals surface area contributed by atoms with Gasteiger partial charge in [0.15, 0.2) is 5.75 Å². The third kappa shape index (κ3) is 4.11. The van der Waals surface area contributed by atoms with Crippen molar-refractivity contribution in [3.05, 3.63) is 23.8 Å². The van der Waals surface area contributed by atoms with E-state index in [4.69, 9.17) is 10.5 Å². The molecule has 0 bridgehead atoms. The van der Waals surface area contributed by atoms with E-state index in [9.17, 15) is 9.59 Å². The summed E-state index contributed by atoms with van der Waals surface area (Å²) in [4.78, 5) is 27.3. The number of hydrogen-bond acceptors (Lipinski definition) is 4. The lowest BCUT2D eigenvalue weighted by atomic mass is 10.1. The summed E-state index contributed by atoms with van der Waals surface area (Å²) < 4.78 is 5.47. The van der Waals surface area contributed by atoms with Crippen LogP contribution in [0.5, 0.6) is 5.75 Å². The first-order valence-corrected chi connectivity index (χ1v) is 6.93. The minimum Gasteiger partial charge on any atom is -0.491 e. The first kappa shape index (κ1) is 16.8. The van der Waals surface area contributed by atoms with Gasteiger partial charge in [-0.2, -0.15) is 0 Å². The summed E-state index contributed by atoms with van der Waals surface area (Å²) >= 11 is 0. The van der Waals surface area contributed by atoms with Gasteiger partial charge in [0, 0.05) is 20.6 Å². The van der Waals surface area contributed by atoms with Gasteiger partial charge in [-0.05, 0) is 26.0 Å². The minimum atomic E-state index is -0.261. The summed E-state index contributed by atoms with van der Waals surface area (Å²) in [6.07, 6.45) is 0. The molecule has 0 aliphatic carbocycles. The number of benzene rings is 1. The van der Waals surface area contributed by atoms with E-state index in [1.807, 2.05) is 13.8 Å². The molecule has 0 fully saturated rings. The molecule has 0 aliphatic rings. The lowest BCUT2D eigenvalue weighted by molar-refractivity contribution is -0.129. The molecule has 0 atom stereocenters. The second-order valence-electron chi connectivity index (χ2n) is 4.76. The number of para-hydroxylation sites is 1. The molecule has 6 nitrogen and oxygen atoms in total. The first-order chi connectivity index (χ1) is 9.92. The Morgan fingerprint density at radius 3 is 2.43 bits per heavy atom.